The van der Waals surface area contributed by atoms with Crippen LogP contribution in [-0.2, 0) is 4.74 Å². The molecule has 5 atom stereocenters. The molecule has 2 aromatic carbocycles. The molecule has 2 heterocycles. The molecule has 0 radical (unpaired) electrons. The molecule has 1 aromatic heterocycles. The maximum Gasteiger partial charge on any atom is 0.229 e. The van der Waals surface area contributed by atoms with E-state index in [9.17, 15) is 35.4 Å². The molecule has 0 unspecified atom stereocenters. The number of aliphatic hydroxyl groups excluding tert-OH is 4. The van der Waals surface area contributed by atoms with Gasteiger partial charge in [0.2, 0.25) is 6.29 Å². The number of hydrogen-bond donors (Lipinski definition) is 6. The molecule has 3 aromatic rings. The van der Waals surface area contributed by atoms with Gasteiger partial charge in [-0.3, -0.25) is 4.79 Å². The molecule has 10 heteroatoms. The van der Waals surface area contributed by atoms with Crippen LogP contribution in [0.25, 0.3) is 22.3 Å². The summed E-state index contributed by atoms with van der Waals surface area (Å²) >= 11 is 0. The van der Waals surface area contributed by atoms with E-state index in [1.54, 1.807) is 12.1 Å². The molecule has 1 fully saturated rings. The molecule has 31 heavy (non-hydrogen) atoms. The highest BCUT2D eigenvalue weighted by atomic mass is 16.7. The molecule has 0 saturated carbocycles. The average Bonchev–Trinajstić information content (AvgIpc) is 2.74. The van der Waals surface area contributed by atoms with Gasteiger partial charge in [-0.1, -0.05) is 0 Å². The standard InChI is InChI=1S/C21H20O10/c22-8-16-18(26)19(27)20(28)21(31-16)29-11-5-12(24)17-13(25)7-14(30-15(17)6-11)9-1-3-10(23)4-2-9/h1-7,16,18-24,26-28H,8H2/t16-,18-,19-,20+,21+/m1/s1. The van der Waals surface area contributed by atoms with E-state index in [-0.39, 0.29) is 28.2 Å². The summed E-state index contributed by atoms with van der Waals surface area (Å²) in [4.78, 5) is 12.5. The first-order valence-electron chi connectivity index (χ1n) is 9.36. The van der Waals surface area contributed by atoms with Crippen molar-refractivity contribution in [2.75, 3.05) is 6.61 Å². The Kier molecular flexibility index (Phi) is 5.56. The van der Waals surface area contributed by atoms with E-state index in [0.29, 0.717) is 5.56 Å². The molecule has 6 N–H and O–H groups in total. The molecule has 4 rings (SSSR count). The summed E-state index contributed by atoms with van der Waals surface area (Å²) in [6.45, 7) is -0.626. The second-order valence-electron chi connectivity index (χ2n) is 7.15. The average molecular weight is 432 g/mol. The Morgan fingerprint density at radius 3 is 2.32 bits per heavy atom. The fourth-order valence-corrected chi connectivity index (χ4v) is 3.38. The van der Waals surface area contributed by atoms with Gasteiger partial charge in [0.25, 0.3) is 0 Å². The largest absolute Gasteiger partial charge is 0.508 e. The lowest BCUT2D eigenvalue weighted by Gasteiger charge is -2.39. The van der Waals surface area contributed by atoms with Crippen LogP contribution in [0.3, 0.4) is 0 Å². The summed E-state index contributed by atoms with van der Waals surface area (Å²) in [7, 11) is 0. The molecule has 1 aliphatic heterocycles. The van der Waals surface area contributed by atoms with Crippen molar-refractivity contribution >= 4 is 11.0 Å². The second-order valence-corrected chi connectivity index (χ2v) is 7.15. The van der Waals surface area contributed by atoms with Crippen LogP contribution in [-0.4, -0.2) is 68.0 Å². The van der Waals surface area contributed by atoms with Gasteiger partial charge in [0.1, 0.15) is 58.4 Å². The van der Waals surface area contributed by atoms with Gasteiger partial charge in [0.05, 0.1) is 6.61 Å². The topological polar surface area (TPSA) is 170 Å². The minimum Gasteiger partial charge on any atom is -0.508 e. The number of hydrogen-bond acceptors (Lipinski definition) is 10. The number of aromatic hydroxyl groups is 2. The lowest BCUT2D eigenvalue weighted by molar-refractivity contribution is -0.277. The summed E-state index contributed by atoms with van der Waals surface area (Å²) in [5.41, 5.74) is -0.0204. The number of rotatable bonds is 4. The molecular formula is C21H20O10. The highest BCUT2D eigenvalue weighted by molar-refractivity contribution is 5.86. The van der Waals surface area contributed by atoms with Gasteiger partial charge in [-0.05, 0) is 24.3 Å². The monoisotopic (exact) mass is 432 g/mol. The minimum absolute atomic E-state index is 0.0184. The van der Waals surface area contributed by atoms with Crippen molar-refractivity contribution in [2.45, 2.75) is 30.7 Å². The van der Waals surface area contributed by atoms with Crippen LogP contribution in [0.1, 0.15) is 0 Å². The van der Waals surface area contributed by atoms with Gasteiger partial charge in [-0.2, -0.15) is 0 Å². The first kappa shape index (κ1) is 21.1. The Bertz CT molecular complexity index is 1140. The molecule has 10 nitrogen and oxygen atoms in total. The Balaban J connectivity index is 1.71. The second kappa shape index (κ2) is 8.17. The lowest BCUT2D eigenvalue weighted by Crippen LogP contribution is -2.60. The van der Waals surface area contributed by atoms with Crippen molar-refractivity contribution in [3.63, 3.8) is 0 Å². The van der Waals surface area contributed by atoms with Crippen LogP contribution >= 0.6 is 0 Å². The summed E-state index contributed by atoms with van der Waals surface area (Å²) in [6.07, 6.45) is -7.47. The van der Waals surface area contributed by atoms with Crippen molar-refractivity contribution in [3.8, 4) is 28.6 Å². The number of aliphatic hydroxyl groups is 4. The molecular weight excluding hydrogens is 412 g/mol. The third-order valence-electron chi connectivity index (χ3n) is 5.04. The first-order valence-corrected chi connectivity index (χ1v) is 9.36. The Labute approximate surface area is 174 Å². The highest BCUT2D eigenvalue weighted by Gasteiger charge is 2.44. The van der Waals surface area contributed by atoms with Crippen LogP contribution in [0.2, 0.25) is 0 Å². The molecule has 0 bridgehead atoms. The smallest absolute Gasteiger partial charge is 0.229 e. The lowest BCUT2D eigenvalue weighted by atomic mass is 9.99. The predicted octanol–water partition coefficient (Wildman–Crippen LogP) is 0.0499. The Morgan fingerprint density at radius 2 is 1.65 bits per heavy atom. The minimum atomic E-state index is -1.65. The van der Waals surface area contributed by atoms with E-state index < -0.39 is 48.5 Å². The quantitative estimate of drug-likeness (QED) is 0.331. The van der Waals surface area contributed by atoms with Gasteiger partial charge < -0.3 is 44.5 Å². The maximum absolute atomic E-state index is 12.5. The van der Waals surface area contributed by atoms with Crippen molar-refractivity contribution in [1.82, 2.24) is 0 Å². The molecule has 164 valence electrons. The molecule has 1 saturated heterocycles. The fraction of sp³-hybridized carbons (Fsp3) is 0.286. The predicted molar refractivity (Wildman–Crippen MR) is 106 cm³/mol. The van der Waals surface area contributed by atoms with Gasteiger partial charge in [-0.25, -0.2) is 0 Å². The summed E-state index contributed by atoms with van der Waals surface area (Å²) in [6, 6.07) is 9.56. The van der Waals surface area contributed by atoms with Crippen molar-refractivity contribution in [2.24, 2.45) is 0 Å². The van der Waals surface area contributed by atoms with Crippen LogP contribution < -0.4 is 10.2 Å². The molecule has 0 spiro atoms. The zero-order chi connectivity index (χ0) is 22.3. The zero-order valence-corrected chi connectivity index (χ0v) is 16.0. The van der Waals surface area contributed by atoms with E-state index in [1.807, 2.05) is 0 Å². The summed E-state index contributed by atoms with van der Waals surface area (Å²) < 4.78 is 16.5. The Hall–Kier alpha value is -3.15. The van der Waals surface area contributed by atoms with Gasteiger partial charge in [0.15, 0.2) is 5.43 Å². The van der Waals surface area contributed by atoms with E-state index in [2.05, 4.69) is 0 Å². The number of benzene rings is 2. The number of phenolic OH excluding ortho intramolecular Hbond substituents is 2. The zero-order valence-electron chi connectivity index (χ0n) is 16.0. The van der Waals surface area contributed by atoms with Crippen LogP contribution in [0.4, 0.5) is 0 Å². The van der Waals surface area contributed by atoms with E-state index in [1.165, 1.54) is 24.3 Å². The fourth-order valence-electron chi connectivity index (χ4n) is 3.38. The molecule has 1 aliphatic rings. The van der Waals surface area contributed by atoms with E-state index >= 15 is 0 Å². The van der Waals surface area contributed by atoms with E-state index in [4.69, 9.17) is 13.9 Å². The number of ether oxygens (including phenoxy) is 2. The van der Waals surface area contributed by atoms with Crippen molar-refractivity contribution < 1.29 is 44.5 Å². The third-order valence-corrected chi connectivity index (χ3v) is 5.04. The van der Waals surface area contributed by atoms with E-state index in [0.717, 1.165) is 6.07 Å². The van der Waals surface area contributed by atoms with Gasteiger partial charge in [-0.15, -0.1) is 0 Å². The normalized spacial score (nSPS) is 26.1. The van der Waals surface area contributed by atoms with Gasteiger partial charge >= 0.3 is 0 Å². The van der Waals surface area contributed by atoms with Crippen LogP contribution in [0.5, 0.6) is 17.2 Å². The number of fused-ring (bicyclic) bond motifs is 1. The van der Waals surface area contributed by atoms with Crippen LogP contribution in [0, 0.1) is 0 Å². The summed E-state index contributed by atoms with van der Waals surface area (Å²) in [5, 5.41) is 58.8. The van der Waals surface area contributed by atoms with Crippen molar-refractivity contribution in [3.05, 3.63) is 52.7 Å². The molecule has 0 aliphatic carbocycles. The Morgan fingerprint density at radius 1 is 0.935 bits per heavy atom. The van der Waals surface area contributed by atoms with Crippen LogP contribution in [0.15, 0.2) is 51.7 Å². The maximum atomic E-state index is 12.5. The summed E-state index contributed by atoms with van der Waals surface area (Å²) in [5.74, 6) is -0.273. The van der Waals surface area contributed by atoms with Crippen molar-refractivity contribution in [1.29, 1.82) is 0 Å². The van der Waals surface area contributed by atoms with Gasteiger partial charge in [0, 0.05) is 23.8 Å². The SMILES string of the molecule is O=c1cc(-c2ccc(O)cc2)oc2cc(O[C@H]3O[C@H](CO)[C@@H](O)[C@@H](O)[C@@H]3O)cc(O)c12. The third kappa shape index (κ3) is 3.94. The highest BCUT2D eigenvalue weighted by Crippen LogP contribution is 2.33. The first-order chi connectivity index (χ1) is 14.8. The number of phenols is 2. The molecule has 0 amide bonds.